The number of aryl methyl sites for hydroxylation is 2. The molecule has 2 N–H and O–H groups in total. The summed E-state index contributed by atoms with van der Waals surface area (Å²) in [7, 11) is 1.83. The van der Waals surface area contributed by atoms with Crippen LogP contribution >= 0.6 is 0 Å². The molecule has 0 spiro atoms. The van der Waals surface area contributed by atoms with E-state index in [2.05, 4.69) is 20.6 Å². The van der Waals surface area contributed by atoms with Crippen molar-refractivity contribution in [2.45, 2.75) is 33.2 Å². The molecule has 7 heteroatoms. The van der Waals surface area contributed by atoms with Crippen molar-refractivity contribution in [1.29, 1.82) is 0 Å². The molecule has 0 atom stereocenters. The van der Waals surface area contributed by atoms with Gasteiger partial charge in [0.2, 0.25) is 0 Å². The molecule has 0 bridgehead atoms. The van der Waals surface area contributed by atoms with E-state index in [0.717, 1.165) is 17.0 Å². The number of rotatable bonds is 6. The minimum absolute atomic E-state index is 0.209. The first-order valence-electron chi connectivity index (χ1n) is 6.90. The molecule has 2 rings (SSSR count). The van der Waals surface area contributed by atoms with Gasteiger partial charge in [-0.1, -0.05) is 13.8 Å². The minimum atomic E-state index is -0.986. The van der Waals surface area contributed by atoms with E-state index in [1.807, 2.05) is 33.2 Å². The number of anilines is 1. The fourth-order valence-corrected chi connectivity index (χ4v) is 2.26. The molecule has 0 fully saturated rings. The Balaban J connectivity index is 2.32. The maximum Gasteiger partial charge on any atom is 0.339 e. The second-order valence-electron chi connectivity index (χ2n) is 4.70. The number of carbonyl (C=O) groups is 1. The van der Waals surface area contributed by atoms with Gasteiger partial charge in [-0.05, 0) is 24.5 Å². The Kier molecular flexibility index (Phi) is 4.52. The molecule has 0 unspecified atom stereocenters. The zero-order chi connectivity index (χ0) is 15.4. The Morgan fingerprint density at radius 1 is 1.33 bits per heavy atom. The van der Waals surface area contributed by atoms with E-state index in [0.29, 0.717) is 25.2 Å². The normalized spacial score (nSPS) is 10.6. The molecule has 0 aliphatic carbocycles. The van der Waals surface area contributed by atoms with Crippen LogP contribution in [0, 0.1) is 0 Å². The molecule has 0 amide bonds. The van der Waals surface area contributed by atoms with Gasteiger partial charge in [0.1, 0.15) is 5.56 Å². The highest BCUT2D eigenvalue weighted by Crippen LogP contribution is 2.21. The van der Waals surface area contributed by atoms with E-state index < -0.39 is 5.97 Å². The molecule has 2 heterocycles. The van der Waals surface area contributed by atoms with E-state index >= 15 is 0 Å². The molecule has 0 radical (unpaired) electrons. The van der Waals surface area contributed by atoms with Gasteiger partial charge in [-0.3, -0.25) is 4.68 Å². The summed E-state index contributed by atoms with van der Waals surface area (Å²) < 4.78 is 1.69. The van der Waals surface area contributed by atoms with Crippen molar-refractivity contribution in [3.05, 3.63) is 34.8 Å². The van der Waals surface area contributed by atoms with Gasteiger partial charge in [-0.2, -0.15) is 10.2 Å². The maximum atomic E-state index is 11.6. The summed E-state index contributed by atoms with van der Waals surface area (Å²) >= 11 is 0. The summed E-state index contributed by atoms with van der Waals surface area (Å²) in [5, 5.41) is 24.9. The van der Waals surface area contributed by atoms with Crippen LogP contribution in [0.5, 0.6) is 0 Å². The number of nitrogens with one attached hydrogen (secondary N) is 1. The SMILES string of the molecule is CCc1nnc(NCc2ccn(C)n2)c(C(=O)O)c1CC. The number of nitrogens with zero attached hydrogens (tertiary/aromatic N) is 4. The van der Waals surface area contributed by atoms with Crippen LogP contribution in [0.2, 0.25) is 0 Å². The van der Waals surface area contributed by atoms with Crippen LogP contribution in [-0.2, 0) is 26.4 Å². The second kappa shape index (κ2) is 6.34. The molecular weight excluding hydrogens is 270 g/mol. The van der Waals surface area contributed by atoms with Gasteiger partial charge in [-0.15, -0.1) is 5.10 Å². The van der Waals surface area contributed by atoms with E-state index in [1.54, 1.807) is 4.68 Å². The van der Waals surface area contributed by atoms with Gasteiger partial charge in [0.25, 0.3) is 0 Å². The smallest absolute Gasteiger partial charge is 0.339 e. The van der Waals surface area contributed by atoms with Crippen LogP contribution in [0.3, 0.4) is 0 Å². The van der Waals surface area contributed by atoms with Crippen molar-refractivity contribution in [2.24, 2.45) is 7.05 Å². The van der Waals surface area contributed by atoms with Gasteiger partial charge >= 0.3 is 5.97 Å². The average Bonchev–Trinajstić information content (AvgIpc) is 2.89. The first-order chi connectivity index (χ1) is 10.1. The zero-order valence-electron chi connectivity index (χ0n) is 12.4. The summed E-state index contributed by atoms with van der Waals surface area (Å²) in [5.74, 6) is -0.692. The monoisotopic (exact) mass is 289 g/mol. The Morgan fingerprint density at radius 2 is 2.10 bits per heavy atom. The second-order valence-corrected chi connectivity index (χ2v) is 4.70. The standard InChI is InChI=1S/C14H19N5O2/c1-4-10-11(5-2)16-17-13(12(10)14(20)21)15-8-9-6-7-19(3)18-9/h6-7H,4-5,8H2,1-3H3,(H,15,17)(H,20,21). The number of hydrogen-bond donors (Lipinski definition) is 2. The topological polar surface area (TPSA) is 92.9 Å². The Bertz CT molecular complexity index is 651. The predicted octanol–water partition coefficient (Wildman–Crippen LogP) is 1.65. The molecule has 7 nitrogen and oxygen atoms in total. The molecule has 0 aliphatic rings. The van der Waals surface area contributed by atoms with Crippen LogP contribution in [0.4, 0.5) is 5.82 Å². The Morgan fingerprint density at radius 3 is 2.62 bits per heavy atom. The van der Waals surface area contributed by atoms with E-state index in [1.165, 1.54) is 0 Å². The van der Waals surface area contributed by atoms with Crippen molar-refractivity contribution < 1.29 is 9.90 Å². The average molecular weight is 289 g/mol. The third-order valence-electron chi connectivity index (χ3n) is 3.27. The van der Waals surface area contributed by atoms with Gasteiger partial charge < -0.3 is 10.4 Å². The number of aromatic carboxylic acids is 1. The lowest BCUT2D eigenvalue weighted by atomic mass is 10.0. The van der Waals surface area contributed by atoms with Crippen molar-refractivity contribution in [3.8, 4) is 0 Å². The third-order valence-corrected chi connectivity index (χ3v) is 3.27. The number of carboxylic acids is 1. The van der Waals surface area contributed by atoms with Crippen LogP contribution in [0.15, 0.2) is 12.3 Å². The lowest BCUT2D eigenvalue weighted by Crippen LogP contribution is -2.15. The first-order valence-corrected chi connectivity index (χ1v) is 6.90. The summed E-state index contributed by atoms with van der Waals surface area (Å²) in [5.41, 5.74) is 2.50. The predicted molar refractivity (Wildman–Crippen MR) is 78.3 cm³/mol. The van der Waals surface area contributed by atoms with E-state index in [-0.39, 0.29) is 5.56 Å². The lowest BCUT2D eigenvalue weighted by Gasteiger charge is -2.13. The van der Waals surface area contributed by atoms with Gasteiger partial charge in [0.15, 0.2) is 5.82 Å². The third kappa shape index (κ3) is 3.18. The Hall–Kier alpha value is -2.44. The summed E-state index contributed by atoms with van der Waals surface area (Å²) in [4.78, 5) is 11.6. The first kappa shape index (κ1) is 15.0. The number of carboxylic acid groups (broad SMARTS) is 1. The highest BCUT2D eigenvalue weighted by Gasteiger charge is 2.20. The summed E-state index contributed by atoms with van der Waals surface area (Å²) in [6.45, 7) is 4.27. The highest BCUT2D eigenvalue weighted by molar-refractivity contribution is 5.95. The lowest BCUT2D eigenvalue weighted by molar-refractivity contribution is 0.0696. The van der Waals surface area contributed by atoms with E-state index in [9.17, 15) is 9.90 Å². The highest BCUT2D eigenvalue weighted by atomic mass is 16.4. The molecule has 112 valence electrons. The zero-order valence-corrected chi connectivity index (χ0v) is 12.4. The maximum absolute atomic E-state index is 11.6. The van der Waals surface area contributed by atoms with Crippen LogP contribution in [0.1, 0.15) is 41.2 Å². The van der Waals surface area contributed by atoms with Crippen molar-refractivity contribution in [1.82, 2.24) is 20.0 Å². The summed E-state index contributed by atoms with van der Waals surface area (Å²) in [6.07, 6.45) is 3.11. The van der Waals surface area contributed by atoms with Gasteiger partial charge in [0, 0.05) is 13.2 Å². The van der Waals surface area contributed by atoms with Crippen molar-refractivity contribution in [3.63, 3.8) is 0 Å². The molecule has 0 aliphatic heterocycles. The number of aromatic nitrogens is 4. The van der Waals surface area contributed by atoms with E-state index in [4.69, 9.17) is 0 Å². The van der Waals surface area contributed by atoms with Crippen molar-refractivity contribution >= 4 is 11.8 Å². The molecule has 21 heavy (non-hydrogen) atoms. The molecule has 2 aromatic heterocycles. The van der Waals surface area contributed by atoms with Gasteiger partial charge in [-0.25, -0.2) is 4.79 Å². The fraction of sp³-hybridized carbons (Fsp3) is 0.429. The molecular formula is C14H19N5O2. The number of hydrogen-bond acceptors (Lipinski definition) is 5. The quantitative estimate of drug-likeness (QED) is 0.840. The Labute approximate surface area is 123 Å². The summed E-state index contributed by atoms with van der Waals surface area (Å²) in [6, 6.07) is 1.86. The molecule has 0 saturated carbocycles. The van der Waals surface area contributed by atoms with Crippen LogP contribution in [-0.4, -0.2) is 31.1 Å². The van der Waals surface area contributed by atoms with Crippen LogP contribution in [0.25, 0.3) is 0 Å². The molecule has 2 aromatic rings. The largest absolute Gasteiger partial charge is 0.478 e. The van der Waals surface area contributed by atoms with Crippen LogP contribution < -0.4 is 5.32 Å². The molecule has 0 aromatic carbocycles. The minimum Gasteiger partial charge on any atom is -0.478 e. The van der Waals surface area contributed by atoms with Gasteiger partial charge in [0.05, 0.1) is 17.9 Å². The van der Waals surface area contributed by atoms with Crippen molar-refractivity contribution in [2.75, 3.05) is 5.32 Å². The molecule has 0 saturated heterocycles. The fourth-order valence-electron chi connectivity index (χ4n) is 2.26.